The minimum Gasteiger partial charge on any atom is -0.354 e. The van der Waals surface area contributed by atoms with E-state index in [9.17, 15) is 13.2 Å². The van der Waals surface area contributed by atoms with Crippen molar-refractivity contribution in [1.82, 2.24) is 9.97 Å². The van der Waals surface area contributed by atoms with E-state index in [2.05, 4.69) is 15.3 Å². The Morgan fingerprint density at radius 3 is 2.60 bits per heavy atom. The van der Waals surface area contributed by atoms with E-state index in [1.54, 1.807) is 0 Å². The fourth-order valence-electron chi connectivity index (χ4n) is 2.58. The summed E-state index contributed by atoms with van der Waals surface area (Å²) in [6, 6.07) is 0.868. The molecule has 7 heteroatoms. The van der Waals surface area contributed by atoms with Gasteiger partial charge in [-0.2, -0.15) is 13.2 Å². The lowest BCUT2D eigenvalue weighted by Gasteiger charge is -2.30. The van der Waals surface area contributed by atoms with Gasteiger partial charge in [0, 0.05) is 18.6 Å². The van der Waals surface area contributed by atoms with Crippen molar-refractivity contribution in [2.45, 2.75) is 31.9 Å². The van der Waals surface area contributed by atoms with Gasteiger partial charge in [0.1, 0.15) is 5.69 Å². The Kier molecular flexibility index (Phi) is 5.07. The highest BCUT2D eigenvalue weighted by Gasteiger charge is 2.33. The first-order valence-electron chi connectivity index (χ1n) is 6.71. The molecule has 0 bridgehead atoms. The first-order chi connectivity index (χ1) is 9.50. The van der Waals surface area contributed by atoms with Crippen molar-refractivity contribution in [1.29, 1.82) is 0 Å². The molecule has 2 rings (SSSR count). The third-order valence-corrected chi connectivity index (χ3v) is 4.13. The molecule has 0 aromatic carbocycles. The molecule has 1 saturated carbocycles. The second-order valence-corrected chi connectivity index (χ2v) is 5.41. The summed E-state index contributed by atoms with van der Waals surface area (Å²) in [7, 11) is 0. The monoisotopic (exact) mass is 307 g/mol. The number of halogens is 4. The van der Waals surface area contributed by atoms with Gasteiger partial charge in [-0.1, -0.05) is 12.8 Å². The summed E-state index contributed by atoms with van der Waals surface area (Å²) in [6.45, 7) is 0.568. The molecule has 1 heterocycles. The van der Waals surface area contributed by atoms with Gasteiger partial charge in [0.15, 0.2) is 0 Å². The molecule has 1 aliphatic rings. The summed E-state index contributed by atoms with van der Waals surface area (Å²) >= 11 is 5.93. The molecule has 0 radical (unpaired) electrons. The van der Waals surface area contributed by atoms with Crippen LogP contribution in [0.2, 0.25) is 0 Å². The van der Waals surface area contributed by atoms with Crippen molar-refractivity contribution in [3.05, 3.63) is 18.0 Å². The minimum absolute atomic E-state index is 0.0266. The molecule has 112 valence electrons. The zero-order valence-electron chi connectivity index (χ0n) is 11.0. The summed E-state index contributed by atoms with van der Waals surface area (Å²) in [5.74, 6) is 1.41. The largest absolute Gasteiger partial charge is 0.433 e. The molecular formula is C13H17ClF3N3. The third kappa shape index (κ3) is 3.98. The normalized spacial score (nSPS) is 23.6. The van der Waals surface area contributed by atoms with Crippen LogP contribution in [-0.4, -0.2) is 22.4 Å². The number of rotatable bonds is 4. The average molecular weight is 308 g/mol. The van der Waals surface area contributed by atoms with Crippen LogP contribution < -0.4 is 5.32 Å². The van der Waals surface area contributed by atoms with Gasteiger partial charge in [0.25, 0.3) is 0 Å². The minimum atomic E-state index is -4.44. The Labute approximate surface area is 120 Å². The van der Waals surface area contributed by atoms with Gasteiger partial charge in [-0.15, -0.1) is 11.6 Å². The van der Waals surface area contributed by atoms with Crippen LogP contribution >= 0.6 is 11.6 Å². The van der Waals surface area contributed by atoms with Crippen LogP contribution in [0.15, 0.2) is 12.3 Å². The highest BCUT2D eigenvalue weighted by atomic mass is 35.5. The van der Waals surface area contributed by atoms with E-state index in [1.807, 2.05) is 0 Å². The number of nitrogens with one attached hydrogen (secondary N) is 1. The highest BCUT2D eigenvalue weighted by Crippen LogP contribution is 2.31. The van der Waals surface area contributed by atoms with Crippen LogP contribution in [0.5, 0.6) is 0 Å². The van der Waals surface area contributed by atoms with Gasteiger partial charge in [0.2, 0.25) is 5.95 Å². The Morgan fingerprint density at radius 2 is 1.95 bits per heavy atom. The van der Waals surface area contributed by atoms with Gasteiger partial charge < -0.3 is 5.32 Å². The first kappa shape index (κ1) is 15.4. The van der Waals surface area contributed by atoms with Gasteiger partial charge in [0.05, 0.1) is 0 Å². The summed E-state index contributed by atoms with van der Waals surface area (Å²) in [4.78, 5) is 7.33. The van der Waals surface area contributed by atoms with Crippen LogP contribution in [0.3, 0.4) is 0 Å². The zero-order chi connectivity index (χ0) is 14.6. The Hall–Kier alpha value is -1.04. The third-order valence-electron chi connectivity index (χ3n) is 3.73. The van der Waals surface area contributed by atoms with E-state index in [1.165, 1.54) is 6.42 Å². The van der Waals surface area contributed by atoms with Crippen LogP contribution in [-0.2, 0) is 6.18 Å². The van der Waals surface area contributed by atoms with Crippen molar-refractivity contribution < 1.29 is 13.2 Å². The van der Waals surface area contributed by atoms with Gasteiger partial charge in [-0.05, 0) is 30.7 Å². The van der Waals surface area contributed by atoms with Crippen LogP contribution in [0, 0.1) is 11.8 Å². The zero-order valence-corrected chi connectivity index (χ0v) is 11.7. The van der Waals surface area contributed by atoms with Gasteiger partial charge in [-0.25, -0.2) is 9.97 Å². The molecule has 2 atom stereocenters. The predicted octanol–water partition coefficient (Wildman–Crippen LogP) is 3.95. The molecule has 1 N–H and O–H groups in total. The first-order valence-corrected chi connectivity index (χ1v) is 7.24. The number of anilines is 1. The van der Waals surface area contributed by atoms with Crippen LogP contribution in [0.1, 0.15) is 31.4 Å². The van der Waals surface area contributed by atoms with Crippen molar-refractivity contribution >= 4 is 17.5 Å². The summed E-state index contributed by atoms with van der Waals surface area (Å²) in [5, 5.41) is 2.91. The highest BCUT2D eigenvalue weighted by molar-refractivity contribution is 6.18. The van der Waals surface area contributed by atoms with Gasteiger partial charge in [-0.3, -0.25) is 0 Å². The fraction of sp³-hybridized carbons (Fsp3) is 0.692. The molecule has 1 aromatic heterocycles. The summed E-state index contributed by atoms with van der Waals surface area (Å²) in [6.07, 6.45) is 1.13. The van der Waals surface area contributed by atoms with E-state index < -0.39 is 11.9 Å². The van der Waals surface area contributed by atoms with E-state index in [0.29, 0.717) is 24.3 Å². The van der Waals surface area contributed by atoms with Crippen LogP contribution in [0.25, 0.3) is 0 Å². The molecule has 3 nitrogen and oxygen atoms in total. The smallest absolute Gasteiger partial charge is 0.354 e. The quantitative estimate of drug-likeness (QED) is 0.856. The Morgan fingerprint density at radius 1 is 1.25 bits per heavy atom. The van der Waals surface area contributed by atoms with Crippen molar-refractivity contribution in [3.8, 4) is 0 Å². The molecule has 1 fully saturated rings. The van der Waals surface area contributed by atoms with E-state index in [0.717, 1.165) is 31.5 Å². The van der Waals surface area contributed by atoms with Crippen LogP contribution in [0.4, 0.5) is 19.1 Å². The van der Waals surface area contributed by atoms with E-state index in [-0.39, 0.29) is 5.95 Å². The van der Waals surface area contributed by atoms with E-state index >= 15 is 0 Å². The second kappa shape index (κ2) is 6.61. The van der Waals surface area contributed by atoms with E-state index in [4.69, 9.17) is 11.6 Å². The van der Waals surface area contributed by atoms with Crippen molar-refractivity contribution in [2.75, 3.05) is 17.7 Å². The Bertz CT molecular complexity index is 439. The lowest BCUT2D eigenvalue weighted by Crippen LogP contribution is -2.28. The van der Waals surface area contributed by atoms with Crippen molar-refractivity contribution in [3.63, 3.8) is 0 Å². The molecule has 2 unspecified atom stereocenters. The number of nitrogens with zero attached hydrogens (tertiary/aromatic N) is 2. The summed E-state index contributed by atoms with van der Waals surface area (Å²) < 4.78 is 37.6. The molecule has 0 aliphatic heterocycles. The number of alkyl halides is 4. The lowest BCUT2D eigenvalue weighted by molar-refractivity contribution is -0.141. The average Bonchev–Trinajstić information content (AvgIpc) is 2.45. The van der Waals surface area contributed by atoms with Gasteiger partial charge >= 0.3 is 6.18 Å². The molecule has 20 heavy (non-hydrogen) atoms. The Balaban J connectivity index is 1.96. The fourth-order valence-corrected chi connectivity index (χ4v) is 2.99. The number of aromatic nitrogens is 2. The second-order valence-electron chi connectivity index (χ2n) is 5.10. The molecule has 0 amide bonds. The topological polar surface area (TPSA) is 37.8 Å². The number of hydrogen-bond acceptors (Lipinski definition) is 3. The number of hydrogen-bond donors (Lipinski definition) is 1. The molecule has 0 saturated heterocycles. The maximum absolute atomic E-state index is 12.5. The molecule has 0 spiro atoms. The standard InChI is InChI=1S/C13H17ClF3N3/c14-7-9-3-1-2-4-10(9)8-19-12-18-6-5-11(20-12)13(15,16)17/h5-6,9-10H,1-4,7-8H2,(H,18,19,20). The maximum atomic E-state index is 12.5. The predicted molar refractivity (Wildman–Crippen MR) is 71.7 cm³/mol. The van der Waals surface area contributed by atoms with Crippen molar-refractivity contribution in [2.24, 2.45) is 11.8 Å². The molecule has 1 aromatic rings. The lowest BCUT2D eigenvalue weighted by atomic mass is 9.80. The molecular weight excluding hydrogens is 291 g/mol. The molecule has 1 aliphatic carbocycles. The SMILES string of the molecule is FC(F)(F)c1ccnc(NCC2CCCCC2CCl)n1. The maximum Gasteiger partial charge on any atom is 0.433 e. The summed E-state index contributed by atoms with van der Waals surface area (Å²) in [5.41, 5.74) is -0.924.